The van der Waals surface area contributed by atoms with Crippen LogP contribution in [0.4, 0.5) is 10.1 Å². The Labute approximate surface area is 128 Å². The van der Waals surface area contributed by atoms with Crippen molar-refractivity contribution in [2.45, 2.75) is 13.0 Å². The lowest BCUT2D eigenvalue weighted by Crippen LogP contribution is -2.23. The highest BCUT2D eigenvalue weighted by Gasteiger charge is 2.23. The summed E-state index contributed by atoms with van der Waals surface area (Å²) < 4.78 is 18.8. The summed E-state index contributed by atoms with van der Waals surface area (Å²) in [4.78, 5) is 22.6. The van der Waals surface area contributed by atoms with Crippen LogP contribution in [-0.2, 0) is 0 Å². The van der Waals surface area contributed by atoms with Gasteiger partial charge >= 0.3 is 5.69 Å². The Bertz CT molecular complexity index is 703. The number of nitro benzene ring substituents is 1. The largest absolute Gasteiger partial charge is 0.475 e. The van der Waals surface area contributed by atoms with Crippen LogP contribution >= 0.6 is 22.9 Å². The van der Waals surface area contributed by atoms with Crippen LogP contribution in [-0.4, -0.2) is 16.8 Å². The predicted molar refractivity (Wildman–Crippen MR) is 76.8 cm³/mol. The molecule has 21 heavy (non-hydrogen) atoms. The van der Waals surface area contributed by atoms with Gasteiger partial charge in [0.25, 0.3) is 0 Å². The van der Waals surface area contributed by atoms with Crippen molar-refractivity contribution >= 4 is 34.4 Å². The van der Waals surface area contributed by atoms with Gasteiger partial charge in [-0.2, -0.15) is 0 Å². The number of Topliss-reactive ketones (excluding diaryl/α,β-unsaturated/α-hetero) is 1. The lowest BCUT2D eigenvalue weighted by atomic mass is 10.2. The second-order valence-corrected chi connectivity index (χ2v) is 5.81. The van der Waals surface area contributed by atoms with Crippen molar-refractivity contribution in [3.63, 3.8) is 0 Å². The topological polar surface area (TPSA) is 69.4 Å². The van der Waals surface area contributed by atoms with Crippen LogP contribution in [0.15, 0.2) is 30.3 Å². The Morgan fingerprint density at radius 2 is 2.14 bits per heavy atom. The van der Waals surface area contributed by atoms with Gasteiger partial charge in [-0.3, -0.25) is 14.9 Å². The van der Waals surface area contributed by atoms with Gasteiger partial charge < -0.3 is 4.74 Å². The fourth-order valence-corrected chi connectivity index (χ4v) is 2.69. The third kappa shape index (κ3) is 3.56. The molecule has 1 aromatic carbocycles. The summed E-state index contributed by atoms with van der Waals surface area (Å²) in [6.45, 7) is 1.46. The summed E-state index contributed by atoms with van der Waals surface area (Å²) in [5.74, 6) is -1.27. The van der Waals surface area contributed by atoms with Gasteiger partial charge in [0.15, 0.2) is 11.9 Å². The Morgan fingerprint density at radius 1 is 1.43 bits per heavy atom. The van der Waals surface area contributed by atoms with Crippen molar-refractivity contribution in [1.29, 1.82) is 0 Å². The number of benzene rings is 1. The molecule has 0 amide bonds. The third-order valence-electron chi connectivity index (χ3n) is 2.61. The average Bonchev–Trinajstić information content (AvgIpc) is 2.86. The first-order valence-corrected chi connectivity index (χ1v) is 6.98. The molecule has 2 aromatic rings. The Balaban J connectivity index is 2.21. The first-order valence-electron chi connectivity index (χ1n) is 5.78. The number of hydrogen-bond donors (Lipinski definition) is 0. The van der Waals surface area contributed by atoms with Gasteiger partial charge in [-0.05, 0) is 31.2 Å². The normalized spacial score (nSPS) is 12.0. The number of thiophene rings is 1. The van der Waals surface area contributed by atoms with Gasteiger partial charge in [0.1, 0.15) is 5.82 Å². The molecule has 1 unspecified atom stereocenters. The summed E-state index contributed by atoms with van der Waals surface area (Å²) in [5.41, 5.74) is -0.529. The monoisotopic (exact) mass is 329 g/mol. The zero-order valence-electron chi connectivity index (χ0n) is 10.7. The maximum Gasteiger partial charge on any atom is 0.313 e. The number of nitrogens with zero attached hydrogens (tertiary/aromatic N) is 1. The van der Waals surface area contributed by atoms with E-state index >= 15 is 0 Å². The zero-order valence-corrected chi connectivity index (χ0v) is 12.3. The van der Waals surface area contributed by atoms with Crippen molar-refractivity contribution in [1.82, 2.24) is 0 Å². The smallest absolute Gasteiger partial charge is 0.313 e. The molecular weight excluding hydrogens is 321 g/mol. The van der Waals surface area contributed by atoms with Crippen LogP contribution in [0.5, 0.6) is 5.75 Å². The summed E-state index contributed by atoms with van der Waals surface area (Å²) >= 11 is 6.84. The molecule has 1 atom stereocenters. The van der Waals surface area contributed by atoms with Crippen molar-refractivity contribution in [2.24, 2.45) is 0 Å². The second kappa shape index (κ2) is 6.19. The standard InChI is InChI=1S/C13H9ClFNO4S/c1-7(13(17)11-4-5-12(14)21-11)20-10-3-2-8(15)6-9(10)16(18)19/h2-7H,1H3. The van der Waals surface area contributed by atoms with E-state index in [9.17, 15) is 19.3 Å². The van der Waals surface area contributed by atoms with E-state index in [1.54, 1.807) is 12.1 Å². The number of halogens is 2. The minimum atomic E-state index is -0.955. The fraction of sp³-hybridized carbons (Fsp3) is 0.154. The summed E-state index contributed by atoms with van der Waals surface area (Å²) in [6, 6.07) is 6.02. The minimum absolute atomic E-state index is 0.162. The molecule has 0 N–H and O–H groups in total. The molecule has 0 bridgehead atoms. The van der Waals surface area contributed by atoms with E-state index in [-0.39, 0.29) is 11.5 Å². The first-order chi connectivity index (χ1) is 9.88. The van der Waals surface area contributed by atoms with E-state index in [0.717, 1.165) is 29.5 Å². The Morgan fingerprint density at radius 3 is 2.71 bits per heavy atom. The molecule has 5 nitrogen and oxygen atoms in total. The number of hydrogen-bond acceptors (Lipinski definition) is 5. The van der Waals surface area contributed by atoms with Gasteiger partial charge in [-0.25, -0.2) is 4.39 Å². The summed E-state index contributed by atoms with van der Waals surface area (Å²) in [5, 5.41) is 10.9. The molecule has 0 aliphatic carbocycles. The van der Waals surface area contributed by atoms with Crippen LogP contribution in [0, 0.1) is 15.9 Å². The van der Waals surface area contributed by atoms with Crippen molar-refractivity contribution in [3.05, 3.63) is 55.5 Å². The quantitative estimate of drug-likeness (QED) is 0.470. The molecule has 0 aliphatic heterocycles. The zero-order chi connectivity index (χ0) is 15.6. The summed E-state index contributed by atoms with van der Waals surface area (Å²) in [7, 11) is 0. The van der Waals surface area contributed by atoms with E-state index in [1.807, 2.05) is 0 Å². The number of ketones is 1. The van der Waals surface area contributed by atoms with Crippen LogP contribution in [0.3, 0.4) is 0 Å². The Hall–Kier alpha value is -1.99. The van der Waals surface area contributed by atoms with Gasteiger partial charge in [0, 0.05) is 0 Å². The molecule has 2 rings (SSSR count). The van der Waals surface area contributed by atoms with Gasteiger partial charge in [0.05, 0.1) is 20.2 Å². The fourth-order valence-electron chi connectivity index (χ4n) is 1.62. The van der Waals surface area contributed by atoms with Gasteiger partial charge in [0.2, 0.25) is 5.78 Å². The number of ether oxygens (including phenoxy) is 1. The molecular formula is C13H9ClFNO4S. The van der Waals surface area contributed by atoms with Gasteiger partial charge in [-0.1, -0.05) is 11.6 Å². The number of carbonyl (C=O) groups is 1. The third-order valence-corrected chi connectivity index (χ3v) is 3.85. The molecule has 0 spiro atoms. The van der Waals surface area contributed by atoms with E-state index in [0.29, 0.717) is 9.21 Å². The highest BCUT2D eigenvalue weighted by atomic mass is 35.5. The van der Waals surface area contributed by atoms with Crippen LogP contribution < -0.4 is 4.74 Å². The maximum atomic E-state index is 13.0. The highest BCUT2D eigenvalue weighted by Crippen LogP contribution is 2.29. The van der Waals surface area contributed by atoms with Crippen LogP contribution in [0.2, 0.25) is 4.34 Å². The molecule has 0 saturated carbocycles. The van der Waals surface area contributed by atoms with E-state index in [1.165, 1.54) is 6.92 Å². The minimum Gasteiger partial charge on any atom is -0.475 e. The molecule has 0 radical (unpaired) electrons. The predicted octanol–water partition coefficient (Wildman–Crippen LogP) is 4.10. The van der Waals surface area contributed by atoms with Gasteiger partial charge in [-0.15, -0.1) is 11.3 Å². The number of carbonyl (C=O) groups excluding carboxylic acids is 1. The molecule has 0 fully saturated rings. The van der Waals surface area contributed by atoms with Crippen LogP contribution in [0.25, 0.3) is 0 Å². The maximum absolute atomic E-state index is 13.0. The molecule has 0 aliphatic rings. The lowest BCUT2D eigenvalue weighted by Gasteiger charge is -2.12. The summed E-state index contributed by atoms with van der Waals surface area (Å²) in [6.07, 6.45) is -0.955. The first kappa shape index (κ1) is 15.4. The molecule has 110 valence electrons. The van der Waals surface area contributed by atoms with E-state index in [2.05, 4.69) is 0 Å². The molecule has 1 aromatic heterocycles. The highest BCUT2D eigenvalue weighted by molar-refractivity contribution is 7.18. The number of nitro groups is 1. The van der Waals surface area contributed by atoms with E-state index < -0.39 is 22.5 Å². The van der Waals surface area contributed by atoms with Crippen molar-refractivity contribution < 1.29 is 18.8 Å². The molecule has 0 saturated heterocycles. The molecule has 8 heteroatoms. The SMILES string of the molecule is CC(Oc1ccc(F)cc1[N+](=O)[O-])C(=O)c1ccc(Cl)s1. The molecule has 1 heterocycles. The lowest BCUT2D eigenvalue weighted by molar-refractivity contribution is -0.386. The van der Waals surface area contributed by atoms with Crippen LogP contribution in [0.1, 0.15) is 16.6 Å². The Kier molecular flexibility index (Phi) is 4.54. The van der Waals surface area contributed by atoms with Crippen molar-refractivity contribution in [3.8, 4) is 5.75 Å². The van der Waals surface area contributed by atoms with Crippen molar-refractivity contribution in [2.75, 3.05) is 0 Å². The number of rotatable bonds is 5. The second-order valence-electron chi connectivity index (χ2n) is 4.10. The van der Waals surface area contributed by atoms with E-state index in [4.69, 9.17) is 16.3 Å². The average molecular weight is 330 g/mol.